The Morgan fingerprint density at radius 1 is 0.846 bits per heavy atom. The number of fused-ring (bicyclic) bond motifs is 4. The van der Waals surface area contributed by atoms with E-state index in [9.17, 15) is 35.9 Å². The van der Waals surface area contributed by atoms with Gasteiger partial charge in [-0.1, -0.05) is 13.8 Å². The van der Waals surface area contributed by atoms with Crippen molar-refractivity contribution in [2.75, 3.05) is 64.3 Å². The molecule has 2 aromatic carbocycles. The van der Waals surface area contributed by atoms with Crippen LogP contribution in [-0.4, -0.2) is 123 Å². The van der Waals surface area contributed by atoms with E-state index in [2.05, 4.69) is 5.32 Å². The van der Waals surface area contributed by atoms with Gasteiger partial charge in [-0.2, -0.15) is 8.42 Å². The molecule has 5 unspecified atom stereocenters. The first-order chi connectivity index (χ1) is 24.7. The van der Waals surface area contributed by atoms with E-state index in [0.29, 0.717) is 42.5 Å². The van der Waals surface area contributed by atoms with Crippen LogP contribution in [0.3, 0.4) is 0 Å². The fraction of sp³-hybridized carbons (Fsp3) is 0.600. The maximum atomic E-state index is 14.3. The molecule has 13 nitrogen and oxygen atoms in total. The largest absolute Gasteiger partial charge is 0.493 e. The first kappa shape index (κ1) is 38.1. The minimum Gasteiger partial charge on any atom is -0.493 e. The van der Waals surface area contributed by atoms with E-state index in [1.165, 1.54) is 26.4 Å². The number of methoxy groups -OCH3 is 2. The highest BCUT2D eigenvalue weighted by atomic mass is 32.2. The monoisotopic (exact) mass is 769 g/mol. The molecular weight excluding hydrogens is 723 g/mol. The molecule has 0 spiro atoms. The topological polar surface area (TPSA) is 161 Å². The second-order valence-electron chi connectivity index (χ2n) is 14.1. The van der Waals surface area contributed by atoms with Crippen LogP contribution in [0.4, 0.5) is 14.5 Å². The molecule has 2 N–H and O–H groups in total. The molecule has 2 fully saturated rings. The molecule has 0 aliphatic carbocycles. The molecule has 2 saturated heterocycles. The van der Waals surface area contributed by atoms with Crippen molar-refractivity contribution in [3.63, 3.8) is 0 Å². The van der Waals surface area contributed by atoms with Gasteiger partial charge in [-0.25, -0.2) is 8.78 Å². The average Bonchev–Trinajstić information content (AvgIpc) is 3.63. The lowest BCUT2D eigenvalue weighted by molar-refractivity contribution is 0.0702. The minimum atomic E-state index is -4.74. The van der Waals surface area contributed by atoms with Crippen molar-refractivity contribution in [2.24, 2.45) is 5.92 Å². The lowest BCUT2D eigenvalue weighted by Crippen LogP contribution is -2.47. The molecule has 4 aliphatic heterocycles. The van der Waals surface area contributed by atoms with Crippen LogP contribution in [0.25, 0.3) is 0 Å². The number of benzene rings is 2. The summed E-state index contributed by atoms with van der Waals surface area (Å²) in [5, 5.41) is 1.05. The summed E-state index contributed by atoms with van der Waals surface area (Å²) in [6.45, 7) is 3.82. The lowest BCUT2D eigenvalue weighted by Gasteiger charge is -2.26. The SMILES string of the molecule is CCCP(=O)(CCOc1cc2c(cc1OC)C(=O)N1CC(F)C[C@H]1C(C)C2)CCOc1cc2c(cc1OC)C(=O)N1CC(F)C[C@H]1C(S(=O)(=O)O)N2. The quantitative estimate of drug-likeness (QED) is 0.211. The van der Waals surface area contributed by atoms with Gasteiger partial charge in [-0.15, -0.1) is 0 Å². The number of carbonyl (C=O) groups excluding carboxylic acids is 2. The third-order valence-electron chi connectivity index (χ3n) is 10.6. The molecule has 7 atom stereocenters. The Kier molecular flexibility index (Phi) is 11.0. The van der Waals surface area contributed by atoms with Crippen molar-refractivity contribution < 1.29 is 54.9 Å². The summed E-state index contributed by atoms with van der Waals surface area (Å²) in [6.07, 6.45) is -0.349. The van der Waals surface area contributed by atoms with Crippen LogP contribution >= 0.6 is 7.14 Å². The zero-order chi connectivity index (χ0) is 37.5. The molecule has 0 bridgehead atoms. The van der Waals surface area contributed by atoms with Crippen LogP contribution < -0.4 is 24.3 Å². The molecule has 0 radical (unpaired) electrons. The summed E-state index contributed by atoms with van der Waals surface area (Å²) in [5.41, 5.74) is 1.36. The zero-order valence-corrected chi connectivity index (χ0v) is 31.4. The van der Waals surface area contributed by atoms with Gasteiger partial charge in [0.05, 0.1) is 65.0 Å². The molecule has 286 valence electrons. The van der Waals surface area contributed by atoms with Gasteiger partial charge in [0, 0.05) is 49.0 Å². The van der Waals surface area contributed by atoms with Gasteiger partial charge in [-0.05, 0) is 42.5 Å². The second-order valence-corrected chi connectivity index (χ2v) is 19.1. The fourth-order valence-electron chi connectivity index (χ4n) is 7.99. The number of nitrogens with zero attached hydrogens (tertiary/aromatic N) is 2. The Morgan fingerprint density at radius 3 is 1.96 bits per heavy atom. The van der Waals surface area contributed by atoms with Crippen LogP contribution in [0.15, 0.2) is 24.3 Å². The number of amides is 2. The van der Waals surface area contributed by atoms with Gasteiger partial charge in [0.2, 0.25) is 0 Å². The normalized spacial score (nSPS) is 26.6. The van der Waals surface area contributed by atoms with E-state index in [1.54, 1.807) is 17.0 Å². The number of nitrogens with one attached hydrogen (secondary N) is 1. The highest BCUT2D eigenvalue weighted by Crippen LogP contribution is 2.47. The predicted octanol–water partition coefficient (Wildman–Crippen LogP) is 4.87. The van der Waals surface area contributed by atoms with Gasteiger partial charge in [0.1, 0.15) is 12.3 Å². The van der Waals surface area contributed by atoms with Gasteiger partial charge >= 0.3 is 0 Å². The summed E-state index contributed by atoms with van der Waals surface area (Å²) < 4.78 is 100. The van der Waals surface area contributed by atoms with E-state index in [0.717, 1.165) is 10.5 Å². The summed E-state index contributed by atoms with van der Waals surface area (Å²) in [6, 6.07) is 4.91. The molecule has 0 aromatic heterocycles. The standard InChI is InChI=1S/C35H46F2N3O10PS/c1-5-8-51(43,9-6-49-31-12-21-11-20(2)27-13-22(36)18-39(27)34(41)24(21)15-29(31)47-3)10-7-50-32-17-26-25(16-30(32)48-4)35(42)40-19-23(37)14-28(40)33(38-26)52(44,45)46/h12,15-17,20,22-23,27-28,33,38H,5-11,13-14,18-19H2,1-4H3,(H,44,45,46)/t20?,22?,23?,27-,28-,33?,51?/m0/s1. The number of ether oxygens (including phenoxy) is 4. The van der Waals surface area contributed by atoms with Crippen molar-refractivity contribution in [2.45, 2.75) is 69.3 Å². The zero-order valence-electron chi connectivity index (χ0n) is 29.7. The number of carbonyl (C=O) groups is 2. The molecule has 4 aliphatic rings. The van der Waals surface area contributed by atoms with E-state index < -0.39 is 46.9 Å². The van der Waals surface area contributed by atoms with E-state index in [-0.39, 0.29) is 85.7 Å². The molecule has 17 heteroatoms. The van der Waals surface area contributed by atoms with E-state index >= 15 is 0 Å². The van der Waals surface area contributed by atoms with Crippen LogP contribution in [0, 0.1) is 5.92 Å². The second kappa shape index (κ2) is 15.0. The van der Waals surface area contributed by atoms with Crippen LogP contribution in [-0.2, 0) is 21.1 Å². The van der Waals surface area contributed by atoms with Crippen molar-refractivity contribution in [3.05, 3.63) is 41.0 Å². The maximum absolute atomic E-state index is 14.3. The van der Waals surface area contributed by atoms with Gasteiger partial charge in [0.15, 0.2) is 28.4 Å². The predicted molar refractivity (Wildman–Crippen MR) is 190 cm³/mol. The van der Waals surface area contributed by atoms with Crippen LogP contribution in [0.5, 0.6) is 23.0 Å². The highest BCUT2D eigenvalue weighted by molar-refractivity contribution is 7.86. The summed E-state index contributed by atoms with van der Waals surface area (Å²) in [5.74, 6) is 0.314. The first-order valence-electron chi connectivity index (χ1n) is 17.5. The Balaban J connectivity index is 1.14. The number of halogens is 2. The smallest absolute Gasteiger partial charge is 0.288 e. The van der Waals surface area contributed by atoms with Gasteiger partial charge < -0.3 is 38.6 Å². The Morgan fingerprint density at radius 2 is 1.38 bits per heavy atom. The average molecular weight is 770 g/mol. The van der Waals surface area contributed by atoms with E-state index in [1.807, 2.05) is 13.8 Å². The Labute approximate surface area is 302 Å². The Bertz CT molecular complexity index is 1870. The fourth-order valence-corrected chi connectivity index (χ4v) is 11.3. The molecule has 4 heterocycles. The summed E-state index contributed by atoms with van der Waals surface area (Å²) in [7, 11) is -4.75. The summed E-state index contributed by atoms with van der Waals surface area (Å²) in [4.78, 5) is 29.5. The number of alkyl halides is 2. The molecule has 6 rings (SSSR count). The van der Waals surface area contributed by atoms with Gasteiger partial charge in [0.25, 0.3) is 21.9 Å². The first-order valence-corrected chi connectivity index (χ1v) is 21.3. The molecule has 2 amide bonds. The van der Waals surface area contributed by atoms with E-state index in [4.69, 9.17) is 18.9 Å². The maximum Gasteiger partial charge on any atom is 0.288 e. The van der Waals surface area contributed by atoms with Crippen molar-refractivity contribution in [1.82, 2.24) is 9.80 Å². The molecule has 0 saturated carbocycles. The number of hydrogen-bond donors (Lipinski definition) is 2. The molecule has 52 heavy (non-hydrogen) atoms. The number of rotatable bonds is 13. The Hall–Kier alpha value is -3.62. The minimum absolute atomic E-state index is 0.0000502. The van der Waals surface area contributed by atoms with Crippen molar-refractivity contribution >= 4 is 34.8 Å². The number of hydrogen-bond acceptors (Lipinski definition) is 10. The third-order valence-corrected chi connectivity index (χ3v) is 14.9. The lowest BCUT2D eigenvalue weighted by atomic mass is 9.92. The van der Waals surface area contributed by atoms with Crippen LogP contribution in [0.1, 0.15) is 59.4 Å². The third kappa shape index (κ3) is 7.56. The summed E-state index contributed by atoms with van der Waals surface area (Å²) >= 11 is 0. The van der Waals surface area contributed by atoms with Crippen molar-refractivity contribution in [3.8, 4) is 23.0 Å². The highest BCUT2D eigenvalue weighted by Gasteiger charge is 2.48. The number of anilines is 1. The van der Waals surface area contributed by atoms with Crippen LogP contribution in [0.2, 0.25) is 0 Å². The molecule has 2 aromatic rings. The van der Waals surface area contributed by atoms with Gasteiger partial charge in [-0.3, -0.25) is 14.1 Å². The van der Waals surface area contributed by atoms with Crippen molar-refractivity contribution in [1.29, 1.82) is 0 Å². The molecular formula is C35H46F2N3O10PS.